The van der Waals surface area contributed by atoms with E-state index in [1.54, 1.807) is 0 Å². The average Bonchev–Trinajstić information content (AvgIpc) is 3.15. The molecule has 0 radical (unpaired) electrons. The molecule has 4 nitrogen and oxygen atoms in total. The fraction of sp³-hybridized carbons (Fsp3) is 0.0435. The van der Waals surface area contributed by atoms with Gasteiger partial charge in [-0.2, -0.15) is 0 Å². The van der Waals surface area contributed by atoms with Crippen molar-refractivity contribution >= 4 is 44.8 Å². The van der Waals surface area contributed by atoms with E-state index >= 15 is 0 Å². The second-order valence-electron chi connectivity index (χ2n) is 6.66. The zero-order chi connectivity index (χ0) is 18.5. The highest BCUT2D eigenvalue weighted by atomic mass is 16.6. The molecule has 0 bridgehead atoms. The van der Waals surface area contributed by atoms with Crippen LogP contribution in [-0.2, 0) is 14.3 Å². The molecule has 4 aromatic rings. The number of fused-ring (bicyclic) bond motifs is 2. The third kappa shape index (κ3) is 2.30. The molecule has 3 aromatic carbocycles. The molecule has 0 saturated heterocycles. The number of ether oxygens (including phenoxy) is 1. The van der Waals surface area contributed by atoms with Crippen molar-refractivity contribution in [1.29, 1.82) is 0 Å². The van der Waals surface area contributed by atoms with Gasteiger partial charge in [0.2, 0.25) is 0 Å². The molecule has 1 aliphatic heterocycles. The number of aromatic amines is 1. The van der Waals surface area contributed by atoms with Crippen LogP contribution in [0.5, 0.6) is 0 Å². The summed E-state index contributed by atoms with van der Waals surface area (Å²) >= 11 is 0. The van der Waals surface area contributed by atoms with Crippen molar-refractivity contribution in [2.75, 3.05) is 0 Å². The number of carbonyl (C=O) groups excluding carboxylic acids is 2. The molecule has 0 fully saturated rings. The SMILES string of the molecule is Cc1[nH]c2ccccc2c1C1=C(c2ccc3ccccc3c2)C(=O)OC1=O. The number of benzene rings is 3. The molecule has 4 heteroatoms. The van der Waals surface area contributed by atoms with Crippen molar-refractivity contribution in [2.45, 2.75) is 6.92 Å². The summed E-state index contributed by atoms with van der Waals surface area (Å²) in [4.78, 5) is 28.5. The predicted octanol–water partition coefficient (Wildman–Crippen LogP) is 4.62. The molecule has 0 atom stereocenters. The Balaban J connectivity index is 1.83. The summed E-state index contributed by atoms with van der Waals surface area (Å²) in [7, 11) is 0. The fourth-order valence-corrected chi connectivity index (χ4v) is 3.82. The molecular formula is C23H15NO3. The third-order valence-electron chi connectivity index (χ3n) is 5.03. The van der Waals surface area contributed by atoms with Crippen molar-refractivity contribution in [3.8, 4) is 0 Å². The minimum atomic E-state index is -0.602. The first kappa shape index (κ1) is 15.6. The molecule has 2 heterocycles. The lowest BCUT2D eigenvalue weighted by Gasteiger charge is -2.06. The lowest BCUT2D eigenvalue weighted by molar-refractivity contribution is -0.149. The summed E-state index contributed by atoms with van der Waals surface area (Å²) in [6.07, 6.45) is 0. The summed E-state index contributed by atoms with van der Waals surface area (Å²) < 4.78 is 5.01. The van der Waals surface area contributed by atoms with Gasteiger partial charge in [0.15, 0.2) is 0 Å². The molecule has 1 aliphatic rings. The number of esters is 2. The molecule has 0 unspecified atom stereocenters. The van der Waals surface area contributed by atoms with Crippen molar-refractivity contribution in [3.63, 3.8) is 0 Å². The van der Waals surface area contributed by atoms with Gasteiger partial charge >= 0.3 is 11.9 Å². The van der Waals surface area contributed by atoms with Crippen LogP contribution in [0.3, 0.4) is 0 Å². The third-order valence-corrected chi connectivity index (χ3v) is 5.03. The van der Waals surface area contributed by atoms with Crippen LogP contribution in [0.2, 0.25) is 0 Å². The van der Waals surface area contributed by atoms with E-state index in [0.717, 1.165) is 32.9 Å². The Bertz CT molecular complexity index is 1290. The highest BCUT2D eigenvalue weighted by molar-refractivity contribution is 6.46. The van der Waals surface area contributed by atoms with Crippen LogP contribution < -0.4 is 0 Å². The molecule has 0 aliphatic carbocycles. The van der Waals surface area contributed by atoms with Gasteiger partial charge in [0.05, 0.1) is 11.1 Å². The Labute approximate surface area is 155 Å². The first-order valence-corrected chi connectivity index (χ1v) is 8.71. The number of rotatable bonds is 2. The Hall–Kier alpha value is -3.66. The number of H-pyrrole nitrogens is 1. The summed E-state index contributed by atoms with van der Waals surface area (Å²) in [5.74, 6) is -1.20. The van der Waals surface area contributed by atoms with Crippen molar-refractivity contribution in [3.05, 3.63) is 83.6 Å². The second kappa shape index (κ2) is 5.68. The number of aromatic nitrogens is 1. The normalized spacial score (nSPS) is 14.4. The average molecular weight is 353 g/mol. The summed E-state index contributed by atoms with van der Waals surface area (Å²) in [5, 5.41) is 2.98. The van der Waals surface area contributed by atoms with E-state index in [1.807, 2.05) is 73.7 Å². The van der Waals surface area contributed by atoms with Crippen molar-refractivity contribution < 1.29 is 14.3 Å². The number of carbonyl (C=O) groups is 2. The number of nitrogens with one attached hydrogen (secondary N) is 1. The van der Waals surface area contributed by atoms with E-state index in [1.165, 1.54) is 0 Å². The fourth-order valence-electron chi connectivity index (χ4n) is 3.82. The Morgan fingerprint density at radius 3 is 2.33 bits per heavy atom. The van der Waals surface area contributed by atoms with Crippen LogP contribution >= 0.6 is 0 Å². The molecule has 27 heavy (non-hydrogen) atoms. The Kier molecular flexibility index (Phi) is 3.28. The molecule has 130 valence electrons. The molecule has 0 saturated carbocycles. The van der Waals surface area contributed by atoms with E-state index in [-0.39, 0.29) is 0 Å². The first-order chi connectivity index (χ1) is 13.1. The number of cyclic esters (lactones) is 2. The van der Waals surface area contributed by atoms with E-state index in [9.17, 15) is 9.59 Å². The molecule has 0 amide bonds. The van der Waals surface area contributed by atoms with Crippen LogP contribution in [0, 0.1) is 6.92 Å². The number of aryl methyl sites for hydroxylation is 1. The number of hydrogen-bond acceptors (Lipinski definition) is 3. The van der Waals surface area contributed by atoms with E-state index in [2.05, 4.69) is 4.98 Å². The minimum Gasteiger partial charge on any atom is -0.386 e. The topological polar surface area (TPSA) is 59.2 Å². The van der Waals surface area contributed by atoms with E-state index < -0.39 is 11.9 Å². The summed E-state index contributed by atoms with van der Waals surface area (Å²) in [5.41, 5.74) is 3.80. The molecule has 1 N–H and O–H groups in total. The van der Waals surface area contributed by atoms with Gasteiger partial charge in [0.25, 0.3) is 0 Å². The second-order valence-corrected chi connectivity index (χ2v) is 6.66. The van der Waals surface area contributed by atoms with Gasteiger partial charge in [0.1, 0.15) is 0 Å². The minimum absolute atomic E-state index is 0.318. The number of para-hydroxylation sites is 1. The maximum absolute atomic E-state index is 12.6. The molecular weight excluding hydrogens is 338 g/mol. The zero-order valence-corrected chi connectivity index (χ0v) is 14.6. The predicted molar refractivity (Wildman–Crippen MR) is 105 cm³/mol. The monoisotopic (exact) mass is 353 g/mol. The largest absolute Gasteiger partial charge is 0.386 e. The first-order valence-electron chi connectivity index (χ1n) is 8.71. The van der Waals surface area contributed by atoms with Crippen LogP contribution in [0.1, 0.15) is 16.8 Å². The smallest absolute Gasteiger partial charge is 0.347 e. The molecule has 5 rings (SSSR count). The van der Waals surface area contributed by atoms with Gasteiger partial charge in [0, 0.05) is 22.2 Å². The van der Waals surface area contributed by atoms with E-state index in [4.69, 9.17) is 4.74 Å². The van der Waals surface area contributed by atoms with Gasteiger partial charge in [-0.1, -0.05) is 54.6 Å². The van der Waals surface area contributed by atoms with Crippen molar-refractivity contribution in [2.24, 2.45) is 0 Å². The van der Waals surface area contributed by atoms with Gasteiger partial charge in [-0.15, -0.1) is 0 Å². The van der Waals surface area contributed by atoms with Gasteiger partial charge in [-0.25, -0.2) is 9.59 Å². The van der Waals surface area contributed by atoms with Crippen LogP contribution in [0.4, 0.5) is 0 Å². The van der Waals surface area contributed by atoms with Crippen LogP contribution in [0.15, 0.2) is 66.7 Å². The molecule has 0 spiro atoms. The van der Waals surface area contributed by atoms with Gasteiger partial charge in [-0.3, -0.25) is 0 Å². The lowest BCUT2D eigenvalue weighted by atomic mass is 9.93. The quantitative estimate of drug-likeness (QED) is 0.422. The van der Waals surface area contributed by atoms with Gasteiger partial charge in [-0.05, 0) is 35.4 Å². The summed E-state index contributed by atoms with van der Waals surface area (Å²) in [6, 6.07) is 21.4. The van der Waals surface area contributed by atoms with E-state index in [0.29, 0.717) is 16.7 Å². The lowest BCUT2D eigenvalue weighted by Crippen LogP contribution is -2.02. The van der Waals surface area contributed by atoms with Crippen LogP contribution in [0.25, 0.3) is 32.8 Å². The Morgan fingerprint density at radius 1 is 0.778 bits per heavy atom. The highest BCUT2D eigenvalue weighted by Gasteiger charge is 2.37. The standard InChI is InChI=1S/C23H15NO3/c1-13-19(17-8-4-5-9-18(17)24-13)21-20(22(25)27-23(21)26)16-11-10-14-6-2-3-7-15(14)12-16/h2-12,24H,1H3. The maximum atomic E-state index is 12.6. The summed E-state index contributed by atoms with van der Waals surface area (Å²) in [6.45, 7) is 1.90. The maximum Gasteiger partial charge on any atom is 0.347 e. The van der Waals surface area contributed by atoms with Crippen LogP contribution in [-0.4, -0.2) is 16.9 Å². The molecule has 1 aromatic heterocycles. The van der Waals surface area contributed by atoms with Crippen molar-refractivity contribution in [1.82, 2.24) is 4.98 Å². The van der Waals surface area contributed by atoms with Gasteiger partial charge < -0.3 is 9.72 Å². The highest BCUT2D eigenvalue weighted by Crippen LogP contribution is 2.39. The Morgan fingerprint density at radius 2 is 1.48 bits per heavy atom. The zero-order valence-electron chi connectivity index (χ0n) is 14.6. The number of hydrogen-bond donors (Lipinski definition) is 1.